The van der Waals surface area contributed by atoms with Crippen molar-refractivity contribution in [3.63, 3.8) is 0 Å². The van der Waals surface area contributed by atoms with Gasteiger partial charge in [-0.25, -0.2) is 4.98 Å². The van der Waals surface area contributed by atoms with Crippen LogP contribution >= 0.6 is 0 Å². The number of aryl methyl sites for hydroxylation is 1. The van der Waals surface area contributed by atoms with E-state index in [0.29, 0.717) is 12.1 Å². The van der Waals surface area contributed by atoms with E-state index in [4.69, 9.17) is 19.4 Å². The van der Waals surface area contributed by atoms with Crippen LogP contribution in [0.3, 0.4) is 0 Å². The second kappa shape index (κ2) is 11.1. The minimum absolute atomic E-state index is 0.497. The molecule has 0 aliphatic heterocycles. The number of fused-ring (bicyclic) bond motifs is 1. The van der Waals surface area contributed by atoms with Crippen LogP contribution < -0.4 is 25.0 Å². The summed E-state index contributed by atoms with van der Waals surface area (Å²) in [6.45, 7) is 0.959. The van der Waals surface area contributed by atoms with Gasteiger partial charge in [-0.15, -0.1) is 0 Å². The van der Waals surface area contributed by atoms with Crippen molar-refractivity contribution in [3.05, 3.63) is 35.0 Å². The Morgan fingerprint density at radius 2 is 1.67 bits per heavy atom. The summed E-state index contributed by atoms with van der Waals surface area (Å²) in [5, 5.41) is 7.07. The molecular weight excluding hydrogens is 414 g/mol. The summed E-state index contributed by atoms with van der Waals surface area (Å²) < 4.78 is 10.8. The van der Waals surface area contributed by atoms with E-state index in [1.165, 1.54) is 42.5 Å². The predicted octanol–water partition coefficient (Wildman–Crippen LogP) is 3.99. The summed E-state index contributed by atoms with van der Waals surface area (Å²) in [6.07, 6.45) is 10.3. The molecule has 2 N–H and O–H groups in total. The Kier molecular flexibility index (Phi) is 7.91. The van der Waals surface area contributed by atoms with Crippen LogP contribution in [0.25, 0.3) is 0 Å². The minimum atomic E-state index is 0.497. The fraction of sp³-hybridized carbons (Fsp3) is 0.615. The number of ether oxygens (including phenoxy) is 2. The average Bonchev–Trinajstić information content (AvgIpc) is 2.87. The van der Waals surface area contributed by atoms with Gasteiger partial charge in [0.15, 0.2) is 0 Å². The molecule has 0 bridgehead atoms. The molecule has 1 heterocycles. The smallest absolute Gasteiger partial charge is 0.227 e. The first-order valence-electron chi connectivity index (χ1n) is 12.4. The first-order valence-corrected chi connectivity index (χ1v) is 12.4. The third-order valence-corrected chi connectivity index (χ3v) is 7.23. The Balaban J connectivity index is 1.28. The second-order valence-corrected chi connectivity index (χ2v) is 9.30. The van der Waals surface area contributed by atoms with Gasteiger partial charge >= 0.3 is 0 Å². The van der Waals surface area contributed by atoms with Gasteiger partial charge in [-0.2, -0.15) is 4.98 Å². The predicted molar refractivity (Wildman–Crippen MR) is 134 cm³/mol. The summed E-state index contributed by atoms with van der Waals surface area (Å²) in [6, 6.07) is 7.17. The summed E-state index contributed by atoms with van der Waals surface area (Å²) in [5.74, 6) is 3.59. The molecule has 1 fully saturated rings. The molecule has 1 saturated carbocycles. The van der Waals surface area contributed by atoms with E-state index in [0.717, 1.165) is 61.9 Å². The van der Waals surface area contributed by atoms with Gasteiger partial charge in [-0.3, -0.25) is 0 Å². The molecule has 2 aliphatic carbocycles. The van der Waals surface area contributed by atoms with E-state index in [9.17, 15) is 0 Å². The molecule has 33 heavy (non-hydrogen) atoms. The van der Waals surface area contributed by atoms with Gasteiger partial charge in [0.1, 0.15) is 17.3 Å². The number of hydrogen-bond donors (Lipinski definition) is 2. The molecule has 1 aromatic carbocycles. The number of hydrogen-bond acceptors (Lipinski definition) is 7. The second-order valence-electron chi connectivity index (χ2n) is 9.30. The maximum absolute atomic E-state index is 5.39. The first kappa shape index (κ1) is 23.6. The molecule has 180 valence electrons. The third kappa shape index (κ3) is 5.69. The molecule has 4 rings (SSSR count). The fourth-order valence-corrected chi connectivity index (χ4v) is 5.21. The lowest BCUT2D eigenvalue weighted by atomic mass is 9.90. The van der Waals surface area contributed by atoms with Gasteiger partial charge in [0, 0.05) is 37.8 Å². The number of nitrogens with one attached hydrogen (secondary N) is 2. The molecule has 0 radical (unpaired) electrons. The molecule has 2 aliphatic rings. The summed E-state index contributed by atoms with van der Waals surface area (Å²) >= 11 is 0. The molecule has 0 atom stereocenters. The van der Waals surface area contributed by atoms with E-state index < -0.39 is 0 Å². The van der Waals surface area contributed by atoms with E-state index in [1.807, 2.05) is 13.1 Å². The standard InChI is InChI=1S/C26H39N5O2/c1-27-25-23-7-5-6-8-24(23)29-26(30-25)31(2)20-11-9-19(10-12-20)28-14-13-18-15-21(32-3)17-22(16-18)33-4/h15-17,19-20,28H,5-14H2,1-4H3,(H,27,29,30)/t19-,20+. The van der Waals surface area contributed by atoms with Crippen LogP contribution in [0, 0.1) is 0 Å². The molecule has 0 saturated heterocycles. The Hall–Kier alpha value is -2.54. The quantitative estimate of drug-likeness (QED) is 0.595. The van der Waals surface area contributed by atoms with Crippen molar-refractivity contribution in [2.75, 3.05) is 45.1 Å². The van der Waals surface area contributed by atoms with Crippen molar-refractivity contribution in [3.8, 4) is 11.5 Å². The highest BCUT2D eigenvalue weighted by atomic mass is 16.5. The van der Waals surface area contributed by atoms with Crippen molar-refractivity contribution in [2.24, 2.45) is 0 Å². The number of nitrogens with zero attached hydrogens (tertiary/aromatic N) is 3. The van der Waals surface area contributed by atoms with Crippen LogP contribution in [0.2, 0.25) is 0 Å². The molecule has 7 nitrogen and oxygen atoms in total. The SMILES string of the molecule is CNc1nc(N(C)[C@H]2CC[C@@H](NCCc3cc(OC)cc(OC)c3)CC2)nc2c1CCCC2. The highest BCUT2D eigenvalue weighted by Gasteiger charge is 2.27. The zero-order valence-electron chi connectivity index (χ0n) is 20.6. The first-order chi connectivity index (χ1) is 16.1. The van der Waals surface area contributed by atoms with Gasteiger partial charge < -0.3 is 25.0 Å². The maximum Gasteiger partial charge on any atom is 0.227 e. The van der Waals surface area contributed by atoms with Crippen LogP contribution in [-0.4, -0.2) is 56.9 Å². The Bertz CT molecular complexity index is 888. The lowest BCUT2D eigenvalue weighted by molar-refractivity contribution is 0.336. The third-order valence-electron chi connectivity index (χ3n) is 7.23. The highest BCUT2D eigenvalue weighted by Crippen LogP contribution is 2.30. The average molecular weight is 454 g/mol. The Morgan fingerprint density at radius 3 is 2.33 bits per heavy atom. The summed E-state index contributed by atoms with van der Waals surface area (Å²) in [7, 11) is 7.53. The largest absolute Gasteiger partial charge is 0.497 e. The topological polar surface area (TPSA) is 71.5 Å². The van der Waals surface area contributed by atoms with Crippen LogP contribution in [-0.2, 0) is 19.3 Å². The molecule has 7 heteroatoms. The Labute approximate surface area is 198 Å². The number of methoxy groups -OCH3 is 2. The number of aromatic nitrogens is 2. The highest BCUT2D eigenvalue weighted by molar-refractivity contribution is 5.52. The number of rotatable bonds is 9. The summed E-state index contributed by atoms with van der Waals surface area (Å²) in [4.78, 5) is 12.2. The zero-order chi connectivity index (χ0) is 23.2. The van der Waals surface area contributed by atoms with Crippen molar-refractivity contribution in [1.82, 2.24) is 15.3 Å². The lowest BCUT2D eigenvalue weighted by Crippen LogP contribution is -2.42. The van der Waals surface area contributed by atoms with Crippen LogP contribution in [0.5, 0.6) is 11.5 Å². The normalized spacial score (nSPS) is 20.1. The van der Waals surface area contributed by atoms with Crippen LogP contribution in [0.15, 0.2) is 18.2 Å². The number of anilines is 2. The molecule has 0 spiro atoms. The van der Waals surface area contributed by atoms with Crippen molar-refractivity contribution in [1.29, 1.82) is 0 Å². The number of benzene rings is 1. The van der Waals surface area contributed by atoms with Crippen molar-refractivity contribution >= 4 is 11.8 Å². The van der Waals surface area contributed by atoms with E-state index in [-0.39, 0.29) is 0 Å². The van der Waals surface area contributed by atoms with Crippen molar-refractivity contribution < 1.29 is 9.47 Å². The lowest BCUT2D eigenvalue weighted by Gasteiger charge is -2.35. The Morgan fingerprint density at radius 1 is 0.970 bits per heavy atom. The fourth-order valence-electron chi connectivity index (χ4n) is 5.21. The van der Waals surface area contributed by atoms with Gasteiger partial charge in [0.05, 0.1) is 19.9 Å². The van der Waals surface area contributed by atoms with E-state index in [1.54, 1.807) is 14.2 Å². The van der Waals surface area contributed by atoms with E-state index >= 15 is 0 Å². The molecule has 0 amide bonds. The van der Waals surface area contributed by atoms with Crippen LogP contribution in [0.4, 0.5) is 11.8 Å². The maximum atomic E-state index is 5.39. The monoisotopic (exact) mass is 453 g/mol. The molecule has 1 aromatic heterocycles. The van der Waals surface area contributed by atoms with Gasteiger partial charge in [0.2, 0.25) is 5.95 Å². The molecular formula is C26H39N5O2. The van der Waals surface area contributed by atoms with Crippen LogP contribution in [0.1, 0.15) is 55.3 Å². The van der Waals surface area contributed by atoms with Gasteiger partial charge in [0.25, 0.3) is 0 Å². The molecule has 2 aromatic rings. The molecule has 0 unspecified atom stereocenters. The van der Waals surface area contributed by atoms with Crippen molar-refractivity contribution in [2.45, 2.75) is 69.9 Å². The van der Waals surface area contributed by atoms with Gasteiger partial charge in [-0.1, -0.05) is 0 Å². The summed E-state index contributed by atoms with van der Waals surface area (Å²) in [5.41, 5.74) is 3.80. The zero-order valence-corrected chi connectivity index (χ0v) is 20.6. The van der Waals surface area contributed by atoms with E-state index in [2.05, 4.69) is 34.7 Å². The van der Waals surface area contributed by atoms with Gasteiger partial charge in [-0.05, 0) is 82.0 Å². The minimum Gasteiger partial charge on any atom is -0.497 e.